The van der Waals surface area contributed by atoms with Gasteiger partial charge in [0.1, 0.15) is 16.9 Å². The van der Waals surface area contributed by atoms with Crippen LogP contribution in [0.1, 0.15) is 59.3 Å². The lowest BCUT2D eigenvalue weighted by atomic mass is 9.81. The smallest absolute Gasteiger partial charge is 0.410 e. The average Bonchev–Trinajstić information content (AvgIpc) is 3.17. The Balaban J connectivity index is 1.47. The molecule has 0 spiro atoms. The van der Waals surface area contributed by atoms with Crippen LogP contribution in [0.2, 0.25) is 5.15 Å². The minimum Gasteiger partial charge on any atom is -0.472 e. The standard InChI is InChI=1S/C22H33ClN4O4/c1-22(2,3)31-21(28)27-14-6-5-7-15(27)11-16(10-14)26(4)20-24-18(23)12-19(25-20)30-17-8-9-29-13-17/h12,14-17H,5-11,13H2,1-4H3/t14-,15+,16?,17-/m1/s1. The maximum atomic E-state index is 12.8. The minimum absolute atomic E-state index is 0.000507. The molecule has 1 aromatic rings. The van der Waals surface area contributed by atoms with Crippen molar-refractivity contribution >= 4 is 23.6 Å². The summed E-state index contributed by atoms with van der Waals surface area (Å²) >= 11 is 6.28. The first-order valence-corrected chi connectivity index (χ1v) is 11.6. The fourth-order valence-corrected chi connectivity index (χ4v) is 4.99. The van der Waals surface area contributed by atoms with Gasteiger partial charge in [-0.05, 0) is 52.9 Å². The van der Waals surface area contributed by atoms with Gasteiger partial charge in [0.25, 0.3) is 0 Å². The van der Waals surface area contributed by atoms with E-state index in [1.807, 2.05) is 32.7 Å². The molecular formula is C22H33ClN4O4. The number of anilines is 1. The Hall–Kier alpha value is -1.80. The largest absolute Gasteiger partial charge is 0.472 e. The lowest BCUT2D eigenvalue weighted by molar-refractivity contribution is -0.0214. The number of hydrogen-bond donors (Lipinski definition) is 0. The van der Waals surface area contributed by atoms with Crippen molar-refractivity contribution in [2.24, 2.45) is 0 Å². The van der Waals surface area contributed by atoms with Gasteiger partial charge in [0, 0.05) is 37.7 Å². The monoisotopic (exact) mass is 452 g/mol. The van der Waals surface area contributed by atoms with Gasteiger partial charge in [-0.25, -0.2) is 9.78 Å². The highest BCUT2D eigenvalue weighted by molar-refractivity contribution is 6.29. The maximum Gasteiger partial charge on any atom is 0.410 e. The van der Waals surface area contributed by atoms with Gasteiger partial charge in [0.15, 0.2) is 0 Å². The number of nitrogens with zero attached hydrogens (tertiary/aromatic N) is 4. The third kappa shape index (κ3) is 5.34. The van der Waals surface area contributed by atoms with Crippen molar-refractivity contribution < 1.29 is 19.0 Å². The van der Waals surface area contributed by atoms with E-state index in [9.17, 15) is 4.79 Å². The molecule has 172 valence electrons. The zero-order valence-corrected chi connectivity index (χ0v) is 19.6. The normalized spacial score (nSPS) is 28.4. The molecule has 8 nitrogen and oxygen atoms in total. The van der Waals surface area contributed by atoms with E-state index in [1.54, 1.807) is 6.07 Å². The van der Waals surface area contributed by atoms with Crippen LogP contribution in [0.5, 0.6) is 5.88 Å². The number of aromatic nitrogens is 2. The molecule has 31 heavy (non-hydrogen) atoms. The third-order valence-electron chi connectivity index (χ3n) is 6.25. The van der Waals surface area contributed by atoms with Gasteiger partial charge in [0.05, 0.1) is 13.2 Å². The zero-order valence-electron chi connectivity index (χ0n) is 18.8. The molecule has 3 fully saturated rings. The lowest BCUT2D eigenvalue weighted by Crippen LogP contribution is -2.59. The van der Waals surface area contributed by atoms with Gasteiger partial charge in [-0.1, -0.05) is 11.6 Å². The summed E-state index contributed by atoms with van der Waals surface area (Å²) in [6.45, 7) is 7.01. The molecular weight excluding hydrogens is 420 g/mol. The van der Waals surface area contributed by atoms with Crippen molar-refractivity contribution in [1.29, 1.82) is 0 Å². The number of carbonyl (C=O) groups is 1. The second-order valence-electron chi connectivity index (χ2n) is 9.79. The summed E-state index contributed by atoms with van der Waals surface area (Å²) < 4.78 is 17.0. The lowest BCUT2D eigenvalue weighted by Gasteiger charge is -2.50. The van der Waals surface area contributed by atoms with Crippen LogP contribution in [-0.4, -0.2) is 71.1 Å². The second-order valence-corrected chi connectivity index (χ2v) is 10.2. The highest BCUT2D eigenvalue weighted by Crippen LogP contribution is 2.37. The third-order valence-corrected chi connectivity index (χ3v) is 6.45. The fraction of sp³-hybridized carbons (Fsp3) is 0.773. The Morgan fingerprint density at radius 3 is 2.55 bits per heavy atom. The molecule has 1 unspecified atom stereocenters. The van der Waals surface area contributed by atoms with Crippen molar-refractivity contribution in [2.45, 2.75) is 89.1 Å². The Bertz CT molecular complexity index is 782. The van der Waals surface area contributed by atoms with E-state index in [0.717, 1.165) is 38.5 Å². The Morgan fingerprint density at radius 1 is 1.23 bits per heavy atom. The van der Waals surface area contributed by atoms with Gasteiger partial charge >= 0.3 is 6.09 Å². The van der Waals surface area contributed by atoms with E-state index in [0.29, 0.717) is 30.2 Å². The quantitative estimate of drug-likeness (QED) is 0.637. The summed E-state index contributed by atoms with van der Waals surface area (Å²) in [7, 11) is 2.00. The predicted molar refractivity (Wildman–Crippen MR) is 118 cm³/mol. The molecule has 9 heteroatoms. The average molecular weight is 453 g/mol. The van der Waals surface area contributed by atoms with Crippen LogP contribution >= 0.6 is 11.6 Å². The van der Waals surface area contributed by atoms with E-state index < -0.39 is 5.60 Å². The number of rotatable bonds is 4. The van der Waals surface area contributed by atoms with Crippen molar-refractivity contribution in [3.05, 3.63) is 11.2 Å². The van der Waals surface area contributed by atoms with Crippen LogP contribution in [0.3, 0.4) is 0 Å². The molecule has 0 aliphatic carbocycles. The molecule has 0 aromatic carbocycles. The molecule has 4 rings (SSSR count). The first-order valence-electron chi connectivity index (χ1n) is 11.2. The fourth-order valence-electron chi connectivity index (χ4n) is 4.83. The minimum atomic E-state index is -0.492. The molecule has 0 N–H and O–H groups in total. The molecule has 3 aliphatic heterocycles. The molecule has 0 saturated carbocycles. The van der Waals surface area contributed by atoms with Crippen LogP contribution < -0.4 is 9.64 Å². The van der Waals surface area contributed by atoms with Crippen molar-refractivity contribution in [3.8, 4) is 5.88 Å². The van der Waals surface area contributed by atoms with E-state index >= 15 is 0 Å². The van der Waals surface area contributed by atoms with Crippen LogP contribution in [-0.2, 0) is 9.47 Å². The van der Waals surface area contributed by atoms with Gasteiger partial charge in [-0.3, -0.25) is 0 Å². The Kier molecular flexibility index (Phi) is 6.49. The molecule has 1 amide bonds. The van der Waals surface area contributed by atoms with E-state index in [2.05, 4.69) is 14.9 Å². The highest BCUT2D eigenvalue weighted by Gasteiger charge is 2.44. The van der Waals surface area contributed by atoms with Gasteiger partial charge < -0.3 is 24.0 Å². The van der Waals surface area contributed by atoms with Crippen LogP contribution in [0.25, 0.3) is 0 Å². The van der Waals surface area contributed by atoms with Crippen molar-refractivity contribution in [2.75, 3.05) is 25.2 Å². The first-order chi connectivity index (χ1) is 14.7. The number of fused-ring (bicyclic) bond motifs is 2. The van der Waals surface area contributed by atoms with E-state index in [1.165, 1.54) is 0 Å². The number of amides is 1. The highest BCUT2D eigenvalue weighted by atomic mass is 35.5. The maximum absolute atomic E-state index is 12.8. The predicted octanol–water partition coefficient (Wildman–Crippen LogP) is 4.05. The van der Waals surface area contributed by atoms with E-state index in [-0.39, 0.29) is 30.3 Å². The molecule has 4 atom stereocenters. The summed E-state index contributed by atoms with van der Waals surface area (Å²) in [6, 6.07) is 2.20. The number of hydrogen-bond acceptors (Lipinski definition) is 7. The second kappa shape index (κ2) is 8.98. The van der Waals surface area contributed by atoms with Crippen LogP contribution in [0, 0.1) is 0 Å². The molecule has 3 aliphatic rings. The topological polar surface area (TPSA) is 77.0 Å². The summed E-state index contributed by atoms with van der Waals surface area (Å²) in [6.07, 6.45) is 5.49. The van der Waals surface area contributed by atoms with E-state index in [4.69, 9.17) is 25.8 Å². The van der Waals surface area contributed by atoms with Crippen molar-refractivity contribution in [1.82, 2.24) is 14.9 Å². The van der Waals surface area contributed by atoms with Crippen LogP contribution in [0.4, 0.5) is 10.7 Å². The number of halogens is 1. The Morgan fingerprint density at radius 2 is 1.94 bits per heavy atom. The number of ether oxygens (including phenoxy) is 3. The zero-order chi connectivity index (χ0) is 22.2. The molecule has 4 heterocycles. The molecule has 1 aromatic heterocycles. The number of piperidine rings is 2. The molecule has 3 saturated heterocycles. The van der Waals surface area contributed by atoms with Gasteiger partial charge in [0.2, 0.25) is 11.8 Å². The summed E-state index contributed by atoms with van der Waals surface area (Å²) in [5.41, 5.74) is -0.492. The van der Waals surface area contributed by atoms with Crippen LogP contribution in [0.15, 0.2) is 6.07 Å². The Labute approximate surface area is 189 Å². The first kappa shape index (κ1) is 22.4. The number of carbonyl (C=O) groups excluding carboxylic acids is 1. The summed E-state index contributed by atoms with van der Waals surface area (Å²) in [5, 5.41) is 0.358. The summed E-state index contributed by atoms with van der Waals surface area (Å²) in [4.78, 5) is 26.0. The van der Waals surface area contributed by atoms with Gasteiger partial charge in [-0.15, -0.1) is 0 Å². The van der Waals surface area contributed by atoms with Gasteiger partial charge in [-0.2, -0.15) is 4.98 Å². The van der Waals surface area contributed by atoms with Crippen molar-refractivity contribution in [3.63, 3.8) is 0 Å². The SMILES string of the molecule is CN(c1nc(Cl)cc(O[C@@H]2CCOC2)n1)C1C[C@H]2CCC[C@@H](C1)N2C(=O)OC(C)(C)C. The molecule has 0 radical (unpaired) electrons. The molecule has 2 bridgehead atoms. The summed E-state index contributed by atoms with van der Waals surface area (Å²) in [5.74, 6) is 1.03.